The molecule has 1 atom stereocenters. The molecule has 94 valence electrons. The molecule has 1 unspecified atom stereocenters. The lowest BCUT2D eigenvalue weighted by atomic mass is 9.91. The first-order valence-electron chi connectivity index (χ1n) is 6.71. The van der Waals surface area contributed by atoms with Crippen LogP contribution < -0.4 is 5.32 Å². The van der Waals surface area contributed by atoms with Crippen molar-refractivity contribution in [3.63, 3.8) is 0 Å². The van der Waals surface area contributed by atoms with Crippen molar-refractivity contribution in [2.45, 2.75) is 45.6 Å². The Morgan fingerprint density at radius 3 is 2.65 bits per heavy atom. The monoisotopic (exact) mass is 251 g/mol. The largest absolute Gasteiger partial charge is 0.310 e. The van der Waals surface area contributed by atoms with Gasteiger partial charge >= 0.3 is 0 Å². The highest BCUT2D eigenvalue weighted by Crippen LogP contribution is 2.38. The molecule has 0 saturated heterocycles. The Morgan fingerprint density at radius 1 is 1.35 bits per heavy atom. The molecule has 1 N–H and O–H groups in total. The maximum Gasteiger partial charge on any atom is 0.0456 e. The molecule has 0 radical (unpaired) electrons. The van der Waals surface area contributed by atoms with E-state index in [-0.39, 0.29) is 0 Å². The lowest BCUT2D eigenvalue weighted by molar-refractivity contribution is 0.374. The van der Waals surface area contributed by atoms with Crippen molar-refractivity contribution in [1.82, 2.24) is 5.32 Å². The summed E-state index contributed by atoms with van der Waals surface area (Å²) in [6.45, 7) is 5.27. The van der Waals surface area contributed by atoms with E-state index in [9.17, 15) is 0 Å². The first-order valence-corrected chi connectivity index (χ1v) is 7.09. The van der Waals surface area contributed by atoms with Crippen molar-refractivity contribution in [2.24, 2.45) is 5.92 Å². The Kier molecular flexibility index (Phi) is 4.47. The highest BCUT2D eigenvalue weighted by molar-refractivity contribution is 6.31. The van der Waals surface area contributed by atoms with Crippen LogP contribution in [0, 0.1) is 12.8 Å². The van der Waals surface area contributed by atoms with E-state index in [0.717, 1.165) is 17.5 Å². The average molecular weight is 252 g/mol. The first-order chi connectivity index (χ1) is 8.22. The van der Waals surface area contributed by atoms with E-state index in [1.807, 2.05) is 0 Å². The summed E-state index contributed by atoms with van der Waals surface area (Å²) in [4.78, 5) is 0. The predicted octanol–water partition coefficient (Wildman–Crippen LogP) is 4.49. The molecule has 1 aromatic rings. The molecule has 17 heavy (non-hydrogen) atoms. The Labute approximate surface area is 110 Å². The second-order valence-electron chi connectivity index (χ2n) is 5.10. The van der Waals surface area contributed by atoms with E-state index in [1.54, 1.807) is 0 Å². The van der Waals surface area contributed by atoms with Crippen LogP contribution in [0.2, 0.25) is 5.02 Å². The molecule has 1 fully saturated rings. The Hall–Kier alpha value is -0.530. The number of benzene rings is 1. The minimum absolute atomic E-state index is 0.440. The molecule has 0 amide bonds. The fourth-order valence-corrected chi connectivity index (χ4v) is 3.28. The molecular formula is C15H22ClN. The summed E-state index contributed by atoms with van der Waals surface area (Å²) in [6.07, 6.45) is 5.41. The number of nitrogens with one attached hydrogen (secondary N) is 1. The summed E-state index contributed by atoms with van der Waals surface area (Å²) in [6, 6.07) is 6.88. The van der Waals surface area contributed by atoms with Crippen LogP contribution in [-0.4, -0.2) is 6.54 Å². The maximum absolute atomic E-state index is 6.40. The van der Waals surface area contributed by atoms with Gasteiger partial charge in [0.2, 0.25) is 0 Å². The number of aryl methyl sites for hydroxylation is 1. The molecule has 0 aromatic heterocycles. The molecule has 2 heteroatoms. The standard InChI is InChI=1S/C15H22ClN/c1-3-17-15(12-6-4-5-7-12)13-9-8-11(2)10-14(13)16/h8-10,12,15,17H,3-7H2,1-2H3. The van der Waals surface area contributed by atoms with Gasteiger partial charge in [0.25, 0.3) is 0 Å². The van der Waals surface area contributed by atoms with Gasteiger partial charge in [-0.15, -0.1) is 0 Å². The van der Waals surface area contributed by atoms with Crippen LogP contribution in [-0.2, 0) is 0 Å². The Balaban J connectivity index is 2.24. The Morgan fingerprint density at radius 2 is 2.06 bits per heavy atom. The number of rotatable bonds is 4. The second-order valence-corrected chi connectivity index (χ2v) is 5.51. The van der Waals surface area contributed by atoms with Crippen LogP contribution in [0.4, 0.5) is 0 Å². The smallest absolute Gasteiger partial charge is 0.0456 e. The highest BCUT2D eigenvalue weighted by atomic mass is 35.5. The van der Waals surface area contributed by atoms with E-state index < -0.39 is 0 Å². The molecule has 0 spiro atoms. The summed E-state index contributed by atoms with van der Waals surface area (Å²) in [5, 5.41) is 4.54. The molecule has 0 bridgehead atoms. The van der Waals surface area contributed by atoms with E-state index in [1.165, 1.54) is 36.8 Å². The third-order valence-electron chi connectivity index (χ3n) is 3.79. The molecule has 1 aromatic carbocycles. The summed E-state index contributed by atoms with van der Waals surface area (Å²) < 4.78 is 0. The zero-order chi connectivity index (χ0) is 12.3. The van der Waals surface area contributed by atoms with Gasteiger partial charge in [0.05, 0.1) is 0 Å². The summed E-state index contributed by atoms with van der Waals surface area (Å²) in [5.74, 6) is 0.759. The zero-order valence-electron chi connectivity index (χ0n) is 10.8. The lowest BCUT2D eigenvalue weighted by Crippen LogP contribution is -2.27. The van der Waals surface area contributed by atoms with Crippen molar-refractivity contribution in [3.8, 4) is 0 Å². The van der Waals surface area contributed by atoms with Crippen molar-refractivity contribution >= 4 is 11.6 Å². The van der Waals surface area contributed by atoms with Gasteiger partial charge in [0.15, 0.2) is 0 Å². The quantitative estimate of drug-likeness (QED) is 0.832. The predicted molar refractivity (Wildman–Crippen MR) is 74.6 cm³/mol. The zero-order valence-corrected chi connectivity index (χ0v) is 11.6. The molecule has 0 heterocycles. The van der Waals surface area contributed by atoms with Gasteiger partial charge in [-0.25, -0.2) is 0 Å². The van der Waals surface area contributed by atoms with E-state index in [4.69, 9.17) is 11.6 Å². The third-order valence-corrected chi connectivity index (χ3v) is 4.11. The molecule has 1 aliphatic carbocycles. The van der Waals surface area contributed by atoms with Crippen molar-refractivity contribution in [3.05, 3.63) is 34.3 Å². The van der Waals surface area contributed by atoms with Gasteiger partial charge in [0, 0.05) is 11.1 Å². The van der Waals surface area contributed by atoms with Gasteiger partial charge in [-0.2, -0.15) is 0 Å². The van der Waals surface area contributed by atoms with Crippen molar-refractivity contribution < 1.29 is 0 Å². The lowest BCUT2D eigenvalue weighted by Gasteiger charge is -2.25. The topological polar surface area (TPSA) is 12.0 Å². The SMILES string of the molecule is CCNC(c1ccc(C)cc1Cl)C1CCCC1. The highest BCUT2D eigenvalue weighted by Gasteiger charge is 2.26. The second kappa shape index (κ2) is 5.88. The van der Waals surface area contributed by atoms with E-state index in [2.05, 4.69) is 37.4 Å². The molecule has 1 saturated carbocycles. The van der Waals surface area contributed by atoms with Crippen LogP contribution in [0.25, 0.3) is 0 Å². The first kappa shape index (κ1) is 12.9. The summed E-state index contributed by atoms with van der Waals surface area (Å²) in [7, 11) is 0. The molecular weight excluding hydrogens is 230 g/mol. The van der Waals surface area contributed by atoms with Gasteiger partial charge in [-0.3, -0.25) is 0 Å². The van der Waals surface area contributed by atoms with Crippen LogP contribution in [0.5, 0.6) is 0 Å². The number of hydrogen-bond donors (Lipinski definition) is 1. The van der Waals surface area contributed by atoms with Crippen LogP contribution in [0.3, 0.4) is 0 Å². The maximum atomic E-state index is 6.40. The molecule has 2 rings (SSSR count). The number of hydrogen-bond acceptors (Lipinski definition) is 1. The van der Waals surface area contributed by atoms with Gasteiger partial charge in [-0.1, -0.05) is 43.5 Å². The molecule has 1 nitrogen and oxygen atoms in total. The van der Waals surface area contributed by atoms with Crippen molar-refractivity contribution in [2.75, 3.05) is 6.54 Å². The van der Waals surface area contributed by atoms with Gasteiger partial charge in [-0.05, 0) is 49.4 Å². The third kappa shape index (κ3) is 3.02. The van der Waals surface area contributed by atoms with Crippen LogP contribution in [0.1, 0.15) is 49.8 Å². The minimum Gasteiger partial charge on any atom is -0.310 e. The average Bonchev–Trinajstić information content (AvgIpc) is 2.80. The van der Waals surface area contributed by atoms with E-state index in [0.29, 0.717) is 6.04 Å². The Bertz CT molecular complexity index is 369. The number of halogens is 1. The van der Waals surface area contributed by atoms with Gasteiger partial charge < -0.3 is 5.32 Å². The van der Waals surface area contributed by atoms with Gasteiger partial charge in [0.1, 0.15) is 0 Å². The van der Waals surface area contributed by atoms with Crippen LogP contribution >= 0.6 is 11.6 Å². The van der Waals surface area contributed by atoms with Crippen molar-refractivity contribution in [1.29, 1.82) is 0 Å². The molecule has 1 aliphatic rings. The summed E-state index contributed by atoms with van der Waals surface area (Å²) in [5.41, 5.74) is 2.52. The molecule has 0 aliphatic heterocycles. The fourth-order valence-electron chi connectivity index (χ4n) is 2.93. The fraction of sp³-hybridized carbons (Fsp3) is 0.600. The normalized spacial score (nSPS) is 18.5. The summed E-state index contributed by atoms with van der Waals surface area (Å²) >= 11 is 6.40. The van der Waals surface area contributed by atoms with Crippen LogP contribution in [0.15, 0.2) is 18.2 Å². The minimum atomic E-state index is 0.440. The van der Waals surface area contributed by atoms with E-state index >= 15 is 0 Å².